The van der Waals surface area contributed by atoms with Crippen molar-refractivity contribution in [3.05, 3.63) is 29.6 Å². The minimum absolute atomic E-state index is 0.0224. The summed E-state index contributed by atoms with van der Waals surface area (Å²) < 4.78 is 4.51. The van der Waals surface area contributed by atoms with E-state index in [-0.39, 0.29) is 10.8 Å². The highest BCUT2D eigenvalue weighted by molar-refractivity contribution is 8.14. The van der Waals surface area contributed by atoms with E-state index in [1.165, 1.54) is 31.1 Å². The fourth-order valence-corrected chi connectivity index (χ4v) is 1.69. The first-order valence-corrected chi connectivity index (χ1v) is 5.89. The third-order valence-electron chi connectivity index (χ3n) is 1.83. The first-order chi connectivity index (χ1) is 7.69. The number of thioether (sulfide) groups is 1. The van der Waals surface area contributed by atoms with Crippen LogP contribution in [0.2, 0.25) is 0 Å². The van der Waals surface area contributed by atoms with Gasteiger partial charge in [-0.3, -0.25) is 4.79 Å². The van der Waals surface area contributed by atoms with Crippen LogP contribution in [0, 0.1) is 0 Å². The Morgan fingerprint density at radius 2 is 2.19 bits per heavy atom. The largest absolute Gasteiger partial charge is 0.464 e. The molecule has 0 aliphatic heterocycles. The molecule has 0 unspecified atom stereocenters. The van der Waals surface area contributed by atoms with Gasteiger partial charge in [0.25, 0.3) is 0 Å². The molecule has 1 aromatic rings. The topological polar surface area (TPSA) is 56.3 Å². The fourth-order valence-electron chi connectivity index (χ4n) is 1.02. The number of hydrogen-bond acceptors (Lipinski definition) is 5. The summed E-state index contributed by atoms with van der Waals surface area (Å²) in [5.41, 5.74) is 0.714. The van der Waals surface area contributed by atoms with Crippen LogP contribution in [-0.2, 0) is 4.74 Å². The summed E-state index contributed by atoms with van der Waals surface area (Å²) >= 11 is 1.25. The molecular weight excluding hydrogens is 226 g/mol. The van der Waals surface area contributed by atoms with Crippen molar-refractivity contribution in [3.8, 4) is 0 Å². The fraction of sp³-hybridized carbons (Fsp3) is 0.364. The van der Waals surface area contributed by atoms with E-state index in [9.17, 15) is 9.59 Å². The molecule has 0 saturated heterocycles. The van der Waals surface area contributed by atoms with Gasteiger partial charge in [0.1, 0.15) is 5.69 Å². The number of rotatable bonds is 4. The normalized spacial score (nSPS) is 9.88. The van der Waals surface area contributed by atoms with Gasteiger partial charge in [0.15, 0.2) is 0 Å². The van der Waals surface area contributed by atoms with E-state index in [1.54, 1.807) is 6.07 Å². The Balaban J connectivity index is 2.71. The summed E-state index contributed by atoms with van der Waals surface area (Å²) in [4.78, 5) is 26.5. The molecule has 4 nitrogen and oxygen atoms in total. The SMILES string of the molecule is CCCSC(=O)c1ccc(C(=O)OC)nc1. The van der Waals surface area contributed by atoms with Crippen molar-refractivity contribution in [1.29, 1.82) is 0 Å². The quantitative estimate of drug-likeness (QED) is 0.753. The van der Waals surface area contributed by atoms with Crippen molar-refractivity contribution in [2.24, 2.45) is 0 Å². The molecule has 0 atom stereocenters. The molecule has 1 aromatic heterocycles. The third kappa shape index (κ3) is 3.34. The smallest absolute Gasteiger partial charge is 0.356 e. The van der Waals surface area contributed by atoms with Crippen molar-refractivity contribution in [1.82, 2.24) is 4.98 Å². The molecule has 0 N–H and O–H groups in total. The number of aromatic nitrogens is 1. The van der Waals surface area contributed by atoms with Crippen LogP contribution in [0.25, 0.3) is 0 Å². The van der Waals surface area contributed by atoms with E-state index < -0.39 is 5.97 Å². The van der Waals surface area contributed by atoms with E-state index in [1.807, 2.05) is 6.92 Å². The lowest BCUT2D eigenvalue weighted by Gasteiger charge is -2.01. The number of hydrogen-bond donors (Lipinski definition) is 0. The highest BCUT2D eigenvalue weighted by atomic mass is 32.2. The Hall–Kier alpha value is -1.36. The van der Waals surface area contributed by atoms with E-state index in [2.05, 4.69) is 9.72 Å². The van der Waals surface area contributed by atoms with Crippen molar-refractivity contribution < 1.29 is 14.3 Å². The highest BCUT2D eigenvalue weighted by Gasteiger charge is 2.10. The Morgan fingerprint density at radius 1 is 1.44 bits per heavy atom. The summed E-state index contributed by atoms with van der Waals surface area (Å²) in [6, 6.07) is 3.08. The van der Waals surface area contributed by atoms with Crippen LogP contribution in [0.15, 0.2) is 18.3 Å². The average molecular weight is 239 g/mol. The van der Waals surface area contributed by atoms with Gasteiger partial charge in [0, 0.05) is 17.5 Å². The van der Waals surface area contributed by atoms with Crippen molar-refractivity contribution >= 4 is 22.8 Å². The van der Waals surface area contributed by atoms with Gasteiger partial charge in [-0.1, -0.05) is 18.7 Å². The lowest BCUT2D eigenvalue weighted by molar-refractivity contribution is 0.0593. The summed E-state index contributed by atoms with van der Waals surface area (Å²) in [7, 11) is 1.29. The predicted molar refractivity (Wildman–Crippen MR) is 62.7 cm³/mol. The lowest BCUT2D eigenvalue weighted by Crippen LogP contribution is -2.05. The number of carbonyl (C=O) groups is 2. The first kappa shape index (κ1) is 12.7. The maximum atomic E-state index is 11.6. The zero-order valence-electron chi connectivity index (χ0n) is 9.23. The molecule has 0 radical (unpaired) electrons. The van der Waals surface area contributed by atoms with Crippen LogP contribution >= 0.6 is 11.8 Å². The highest BCUT2D eigenvalue weighted by Crippen LogP contribution is 2.12. The Kier molecular flexibility index (Phi) is 4.98. The predicted octanol–water partition coefficient (Wildman–Crippen LogP) is 2.15. The maximum Gasteiger partial charge on any atom is 0.356 e. The van der Waals surface area contributed by atoms with Crippen molar-refractivity contribution in [2.45, 2.75) is 13.3 Å². The van der Waals surface area contributed by atoms with E-state index >= 15 is 0 Å². The molecule has 1 rings (SSSR count). The van der Waals surface area contributed by atoms with Crippen LogP contribution in [0.3, 0.4) is 0 Å². The van der Waals surface area contributed by atoms with Crippen molar-refractivity contribution in [2.75, 3.05) is 12.9 Å². The maximum absolute atomic E-state index is 11.6. The van der Waals surface area contributed by atoms with E-state index in [4.69, 9.17) is 0 Å². The monoisotopic (exact) mass is 239 g/mol. The standard InChI is InChI=1S/C11H13NO3S/c1-3-6-16-11(14)8-4-5-9(12-7-8)10(13)15-2/h4-5,7H,3,6H2,1-2H3. The molecule has 0 aliphatic carbocycles. The molecule has 0 spiro atoms. The van der Waals surface area contributed by atoms with Gasteiger partial charge in [-0.15, -0.1) is 0 Å². The second kappa shape index (κ2) is 6.27. The minimum Gasteiger partial charge on any atom is -0.464 e. The number of esters is 1. The molecule has 5 heteroatoms. The second-order valence-corrected chi connectivity index (χ2v) is 4.13. The molecule has 0 amide bonds. The summed E-state index contributed by atoms with van der Waals surface area (Å²) in [5, 5.41) is -0.0224. The summed E-state index contributed by atoms with van der Waals surface area (Å²) in [6.45, 7) is 2.01. The molecule has 1 heterocycles. The number of ether oxygens (including phenoxy) is 1. The third-order valence-corrected chi connectivity index (χ3v) is 2.94. The number of nitrogens with zero attached hydrogens (tertiary/aromatic N) is 1. The molecule has 86 valence electrons. The van der Waals surface area contributed by atoms with Crippen LogP contribution in [0.5, 0.6) is 0 Å². The zero-order chi connectivity index (χ0) is 12.0. The number of pyridine rings is 1. The molecule has 0 bridgehead atoms. The van der Waals surface area contributed by atoms with Gasteiger partial charge in [0.2, 0.25) is 5.12 Å². The summed E-state index contributed by atoms with van der Waals surface area (Å²) in [6.07, 6.45) is 2.35. The zero-order valence-corrected chi connectivity index (χ0v) is 10.0. The molecule has 0 fully saturated rings. The van der Waals surface area contributed by atoms with Gasteiger partial charge in [-0.25, -0.2) is 9.78 Å². The van der Waals surface area contributed by atoms with Crippen molar-refractivity contribution in [3.63, 3.8) is 0 Å². The molecule has 16 heavy (non-hydrogen) atoms. The van der Waals surface area contributed by atoms with Crippen LogP contribution in [-0.4, -0.2) is 28.9 Å². The number of carbonyl (C=O) groups excluding carboxylic acids is 2. The Morgan fingerprint density at radius 3 is 2.69 bits per heavy atom. The van der Waals surface area contributed by atoms with Crippen LogP contribution in [0.1, 0.15) is 34.2 Å². The minimum atomic E-state index is -0.500. The van der Waals surface area contributed by atoms with Gasteiger partial charge in [-0.05, 0) is 18.6 Å². The average Bonchev–Trinajstić information content (AvgIpc) is 2.35. The molecule has 0 aliphatic rings. The second-order valence-electron chi connectivity index (χ2n) is 3.06. The van der Waals surface area contributed by atoms with Gasteiger partial charge < -0.3 is 4.74 Å². The molecule has 0 aromatic carbocycles. The van der Waals surface area contributed by atoms with E-state index in [0.29, 0.717) is 5.56 Å². The van der Waals surface area contributed by atoms with Crippen LogP contribution in [0.4, 0.5) is 0 Å². The van der Waals surface area contributed by atoms with E-state index in [0.717, 1.165) is 12.2 Å². The van der Waals surface area contributed by atoms with Gasteiger partial charge >= 0.3 is 5.97 Å². The number of methoxy groups -OCH3 is 1. The van der Waals surface area contributed by atoms with Gasteiger partial charge in [-0.2, -0.15) is 0 Å². The molecular formula is C11H13NO3S. The van der Waals surface area contributed by atoms with Gasteiger partial charge in [0.05, 0.1) is 7.11 Å². The van der Waals surface area contributed by atoms with Crippen LogP contribution < -0.4 is 0 Å². The summed E-state index contributed by atoms with van der Waals surface area (Å²) in [5.74, 6) is 0.289. The first-order valence-electron chi connectivity index (χ1n) is 4.90. The molecule has 0 saturated carbocycles. The lowest BCUT2D eigenvalue weighted by atomic mass is 10.3. The Labute approximate surface area is 98.4 Å². The Bertz CT molecular complexity index is 375.